The van der Waals surface area contributed by atoms with Crippen molar-refractivity contribution in [2.24, 2.45) is 0 Å². The summed E-state index contributed by atoms with van der Waals surface area (Å²) >= 11 is 0. The second kappa shape index (κ2) is 8.21. The number of hydrogen-bond acceptors (Lipinski definition) is 3. The number of hydrogen-bond donors (Lipinski definition) is 0. The lowest BCUT2D eigenvalue weighted by Crippen LogP contribution is -2.29. The molecule has 86 valence electrons. The molecule has 1 atom stereocenters. The second-order valence-electron chi connectivity index (χ2n) is 3.85. The lowest BCUT2D eigenvalue weighted by molar-refractivity contribution is -0.0897. The molecule has 14 heavy (non-hydrogen) atoms. The second-order valence-corrected chi connectivity index (χ2v) is 3.85. The average molecular weight is 204 g/mol. The van der Waals surface area contributed by atoms with Crippen LogP contribution >= 0.6 is 0 Å². The highest BCUT2D eigenvalue weighted by molar-refractivity contribution is 4.58. The summed E-state index contributed by atoms with van der Waals surface area (Å²) in [6.45, 7) is 12.0. The molecular weight excluding hydrogens is 180 g/mol. The summed E-state index contributed by atoms with van der Waals surface area (Å²) in [4.78, 5) is 0. The summed E-state index contributed by atoms with van der Waals surface area (Å²) in [6.07, 6.45) is 0.517. The summed E-state index contributed by atoms with van der Waals surface area (Å²) < 4.78 is 16.5. The van der Waals surface area contributed by atoms with Crippen molar-refractivity contribution in [3.05, 3.63) is 0 Å². The summed E-state index contributed by atoms with van der Waals surface area (Å²) in [5, 5.41) is 0. The molecule has 0 aliphatic carbocycles. The molecule has 3 nitrogen and oxygen atoms in total. The van der Waals surface area contributed by atoms with E-state index in [2.05, 4.69) is 0 Å². The standard InChI is InChI=1S/C11H24O3/c1-6-12-7-11(14-10(4)5)8-13-9(2)3/h9-11H,6-8H2,1-5H3. The predicted octanol–water partition coefficient (Wildman–Crippen LogP) is 2.24. The Balaban J connectivity index is 3.72. The fraction of sp³-hybridized carbons (Fsp3) is 1.00. The van der Waals surface area contributed by atoms with Gasteiger partial charge < -0.3 is 14.2 Å². The summed E-state index contributed by atoms with van der Waals surface area (Å²) in [6, 6.07) is 0. The Hall–Kier alpha value is -0.120. The van der Waals surface area contributed by atoms with Crippen LogP contribution in [-0.2, 0) is 14.2 Å². The van der Waals surface area contributed by atoms with Gasteiger partial charge in [-0.05, 0) is 34.6 Å². The number of rotatable bonds is 8. The maximum absolute atomic E-state index is 5.65. The van der Waals surface area contributed by atoms with Gasteiger partial charge in [-0.15, -0.1) is 0 Å². The third-order valence-electron chi connectivity index (χ3n) is 1.59. The highest BCUT2D eigenvalue weighted by Gasteiger charge is 2.12. The Morgan fingerprint density at radius 2 is 1.57 bits per heavy atom. The zero-order valence-electron chi connectivity index (χ0n) is 10.1. The van der Waals surface area contributed by atoms with Gasteiger partial charge in [-0.1, -0.05) is 0 Å². The molecule has 0 bridgehead atoms. The maximum Gasteiger partial charge on any atom is 0.104 e. The third-order valence-corrected chi connectivity index (χ3v) is 1.59. The Bertz CT molecular complexity index is 124. The van der Waals surface area contributed by atoms with Crippen molar-refractivity contribution >= 4 is 0 Å². The largest absolute Gasteiger partial charge is 0.379 e. The van der Waals surface area contributed by atoms with Crippen molar-refractivity contribution in [1.82, 2.24) is 0 Å². The SMILES string of the molecule is CCOCC(COC(C)C)OC(C)C. The van der Waals surface area contributed by atoms with E-state index < -0.39 is 0 Å². The average Bonchev–Trinajstić information content (AvgIpc) is 2.09. The molecule has 0 heterocycles. The molecular formula is C11H24O3. The Labute approximate surface area is 87.7 Å². The molecule has 0 aromatic rings. The van der Waals surface area contributed by atoms with E-state index in [1.807, 2.05) is 34.6 Å². The van der Waals surface area contributed by atoms with Crippen LogP contribution in [0.1, 0.15) is 34.6 Å². The van der Waals surface area contributed by atoms with Crippen LogP contribution < -0.4 is 0 Å². The predicted molar refractivity (Wildman–Crippen MR) is 57.6 cm³/mol. The van der Waals surface area contributed by atoms with Crippen LogP contribution in [0.15, 0.2) is 0 Å². The molecule has 1 unspecified atom stereocenters. The van der Waals surface area contributed by atoms with Gasteiger partial charge in [0.05, 0.1) is 25.4 Å². The van der Waals surface area contributed by atoms with Crippen LogP contribution in [0.25, 0.3) is 0 Å². The van der Waals surface area contributed by atoms with Crippen LogP contribution in [0.5, 0.6) is 0 Å². The molecule has 0 saturated heterocycles. The zero-order chi connectivity index (χ0) is 11.0. The molecule has 0 aromatic heterocycles. The summed E-state index contributed by atoms with van der Waals surface area (Å²) in [5.74, 6) is 0. The Kier molecular flexibility index (Phi) is 8.14. The molecule has 0 aliphatic heterocycles. The van der Waals surface area contributed by atoms with Crippen molar-refractivity contribution in [3.8, 4) is 0 Å². The van der Waals surface area contributed by atoms with Gasteiger partial charge in [0, 0.05) is 6.61 Å². The fourth-order valence-corrected chi connectivity index (χ4v) is 1.06. The van der Waals surface area contributed by atoms with Crippen molar-refractivity contribution in [2.75, 3.05) is 19.8 Å². The van der Waals surface area contributed by atoms with Crippen LogP contribution in [0.4, 0.5) is 0 Å². The van der Waals surface area contributed by atoms with Crippen LogP contribution in [-0.4, -0.2) is 38.1 Å². The van der Waals surface area contributed by atoms with Crippen molar-refractivity contribution in [2.45, 2.75) is 52.9 Å². The minimum Gasteiger partial charge on any atom is -0.379 e. The highest BCUT2D eigenvalue weighted by atomic mass is 16.6. The van der Waals surface area contributed by atoms with Gasteiger partial charge in [-0.25, -0.2) is 0 Å². The summed E-state index contributed by atoms with van der Waals surface area (Å²) in [7, 11) is 0. The van der Waals surface area contributed by atoms with Crippen LogP contribution in [0.2, 0.25) is 0 Å². The van der Waals surface area contributed by atoms with Gasteiger partial charge in [0.15, 0.2) is 0 Å². The summed E-state index contributed by atoms with van der Waals surface area (Å²) in [5.41, 5.74) is 0. The molecule has 0 amide bonds. The molecule has 0 spiro atoms. The Morgan fingerprint density at radius 1 is 0.929 bits per heavy atom. The zero-order valence-corrected chi connectivity index (χ0v) is 10.1. The van der Waals surface area contributed by atoms with Gasteiger partial charge in [0.1, 0.15) is 6.10 Å². The van der Waals surface area contributed by atoms with Gasteiger partial charge in [0.25, 0.3) is 0 Å². The van der Waals surface area contributed by atoms with E-state index in [9.17, 15) is 0 Å². The highest BCUT2D eigenvalue weighted by Crippen LogP contribution is 2.02. The first kappa shape index (κ1) is 13.9. The van der Waals surface area contributed by atoms with E-state index >= 15 is 0 Å². The maximum atomic E-state index is 5.65. The molecule has 0 N–H and O–H groups in total. The molecule has 0 rings (SSSR count). The van der Waals surface area contributed by atoms with Crippen molar-refractivity contribution in [1.29, 1.82) is 0 Å². The number of ether oxygens (including phenoxy) is 3. The first-order valence-electron chi connectivity index (χ1n) is 5.41. The lowest BCUT2D eigenvalue weighted by Gasteiger charge is -2.21. The minimum absolute atomic E-state index is 0.0531. The van der Waals surface area contributed by atoms with Gasteiger partial charge >= 0.3 is 0 Å². The molecule has 0 aliphatic rings. The first-order chi connectivity index (χ1) is 6.56. The van der Waals surface area contributed by atoms with E-state index in [4.69, 9.17) is 14.2 Å². The Morgan fingerprint density at radius 3 is 2.00 bits per heavy atom. The fourth-order valence-electron chi connectivity index (χ4n) is 1.06. The topological polar surface area (TPSA) is 27.7 Å². The normalized spacial score (nSPS) is 13.9. The van der Waals surface area contributed by atoms with E-state index in [1.54, 1.807) is 0 Å². The lowest BCUT2D eigenvalue weighted by atomic mass is 10.3. The van der Waals surface area contributed by atoms with E-state index in [-0.39, 0.29) is 18.3 Å². The van der Waals surface area contributed by atoms with Crippen molar-refractivity contribution < 1.29 is 14.2 Å². The third kappa shape index (κ3) is 8.48. The molecule has 0 radical (unpaired) electrons. The van der Waals surface area contributed by atoms with E-state index in [0.29, 0.717) is 13.2 Å². The smallest absolute Gasteiger partial charge is 0.104 e. The van der Waals surface area contributed by atoms with Crippen LogP contribution in [0, 0.1) is 0 Å². The molecule has 0 fully saturated rings. The van der Waals surface area contributed by atoms with E-state index in [1.165, 1.54) is 0 Å². The quantitative estimate of drug-likeness (QED) is 0.607. The molecule has 0 aromatic carbocycles. The van der Waals surface area contributed by atoms with Gasteiger partial charge in [-0.2, -0.15) is 0 Å². The van der Waals surface area contributed by atoms with Gasteiger partial charge in [-0.3, -0.25) is 0 Å². The minimum atomic E-state index is 0.0531. The molecule has 3 heteroatoms. The first-order valence-corrected chi connectivity index (χ1v) is 5.41. The van der Waals surface area contributed by atoms with Gasteiger partial charge in [0.2, 0.25) is 0 Å². The van der Waals surface area contributed by atoms with Crippen LogP contribution in [0.3, 0.4) is 0 Å². The van der Waals surface area contributed by atoms with Crippen molar-refractivity contribution in [3.63, 3.8) is 0 Å². The molecule has 0 saturated carbocycles. The van der Waals surface area contributed by atoms with E-state index in [0.717, 1.165) is 6.61 Å². The monoisotopic (exact) mass is 204 g/mol.